The first-order valence-corrected chi connectivity index (χ1v) is 11.3. The van der Waals surface area contributed by atoms with Crippen LogP contribution in [0.15, 0.2) is 35.8 Å². The highest BCUT2D eigenvalue weighted by atomic mass is 127. The number of hydrogen-bond acceptors (Lipinski definition) is 4. The van der Waals surface area contributed by atoms with Gasteiger partial charge >= 0.3 is 0 Å². The lowest BCUT2D eigenvalue weighted by molar-refractivity contribution is -0.869. The molecule has 0 radical (unpaired) electrons. The van der Waals surface area contributed by atoms with Crippen molar-refractivity contribution in [1.82, 2.24) is 14.9 Å². The SMILES string of the molecule is C[N+](C)(C)CCC(=O)N1CCC(c2csc(C(=O)c3c[nH]c4ccccc34)n2)CC1.[I-]. The third-order valence-corrected chi connectivity index (χ3v) is 6.67. The van der Waals surface area contributed by atoms with Crippen molar-refractivity contribution in [3.05, 3.63) is 52.1 Å². The number of carbonyl (C=O) groups excluding carboxylic acids is 2. The molecule has 3 aromatic rings. The van der Waals surface area contributed by atoms with Crippen molar-refractivity contribution in [2.24, 2.45) is 0 Å². The van der Waals surface area contributed by atoms with Crippen molar-refractivity contribution in [2.75, 3.05) is 40.8 Å². The lowest BCUT2D eigenvalue weighted by atomic mass is 9.94. The first-order chi connectivity index (χ1) is 14.3. The van der Waals surface area contributed by atoms with E-state index in [9.17, 15) is 9.59 Å². The Morgan fingerprint density at radius 2 is 1.90 bits per heavy atom. The van der Waals surface area contributed by atoms with Crippen LogP contribution in [-0.2, 0) is 4.79 Å². The van der Waals surface area contributed by atoms with E-state index in [2.05, 4.69) is 31.1 Å². The van der Waals surface area contributed by atoms with Gasteiger partial charge in [0.05, 0.1) is 45.4 Å². The molecule has 0 aliphatic carbocycles. The number of nitrogens with one attached hydrogen (secondary N) is 1. The molecule has 1 aliphatic rings. The van der Waals surface area contributed by atoms with Crippen LogP contribution in [0.4, 0.5) is 0 Å². The summed E-state index contributed by atoms with van der Waals surface area (Å²) in [6, 6.07) is 7.82. The highest BCUT2D eigenvalue weighted by Crippen LogP contribution is 2.30. The zero-order chi connectivity index (χ0) is 21.3. The van der Waals surface area contributed by atoms with E-state index in [0.717, 1.165) is 53.6 Å². The molecule has 3 heterocycles. The zero-order valence-electron chi connectivity index (χ0n) is 18.2. The summed E-state index contributed by atoms with van der Waals surface area (Å²) in [4.78, 5) is 35.3. The van der Waals surface area contributed by atoms with Crippen molar-refractivity contribution in [1.29, 1.82) is 0 Å². The molecule has 1 saturated heterocycles. The Kier molecular flexibility index (Phi) is 7.54. The molecule has 0 atom stereocenters. The number of benzene rings is 1. The maximum Gasteiger partial charge on any atom is 0.228 e. The second-order valence-electron chi connectivity index (χ2n) is 9.07. The van der Waals surface area contributed by atoms with Crippen molar-refractivity contribution >= 4 is 33.9 Å². The van der Waals surface area contributed by atoms with Gasteiger partial charge in [-0.05, 0) is 18.9 Å². The zero-order valence-corrected chi connectivity index (χ0v) is 21.2. The van der Waals surface area contributed by atoms with Crippen molar-refractivity contribution in [3.8, 4) is 0 Å². The number of rotatable bonds is 6. The predicted molar refractivity (Wildman–Crippen MR) is 120 cm³/mol. The summed E-state index contributed by atoms with van der Waals surface area (Å²) in [6.45, 7) is 2.39. The normalized spacial score (nSPS) is 15.1. The molecule has 1 aliphatic heterocycles. The number of amides is 1. The second kappa shape index (κ2) is 9.79. The lowest BCUT2D eigenvalue weighted by Crippen LogP contribution is -3.00. The average molecular weight is 552 g/mol. The number of nitrogens with zero attached hydrogens (tertiary/aromatic N) is 3. The maximum atomic E-state index is 13.0. The molecule has 1 amide bonds. The van der Waals surface area contributed by atoms with Gasteiger partial charge in [0.25, 0.3) is 0 Å². The number of aromatic nitrogens is 2. The summed E-state index contributed by atoms with van der Waals surface area (Å²) in [5.41, 5.74) is 2.62. The molecular weight excluding hydrogens is 523 g/mol. The van der Waals surface area contributed by atoms with Crippen molar-refractivity contribution in [2.45, 2.75) is 25.2 Å². The van der Waals surface area contributed by atoms with Crippen LogP contribution >= 0.6 is 11.3 Å². The number of ketones is 1. The molecule has 31 heavy (non-hydrogen) atoms. The van der Waals surface area contributed by atoms with Gasteiger partial charge in [-0.15, -0.1) is 11.3 Å². The summed E-state index contributed by atoms with van der Waals surface area (Å²) in [6.07, 6.45) is 4.17. The second-order valence-corrected chi connectivity index (χ2v) is 9.93. The summed E-state index contributed by atoms with van der Waals surface area (Å²) in [5, 5.41) is 3.48. The number of hydrogen-bond donors (Lipinski definition) is 1. The maximum absolute atomic E-state index is 13.0. The van der Waals surface area contributed by atoms with Gasteiger partial charge in [-0.3, -0.25) is 9.59 Å². The quantitative estimate of drug-likeness (QED) is 0.278. The number of para-hydroxylation sites is 1. The summed E-state index contributed by atoms with van der Waals surface area (Å²) in [5.74, 6) is 0.528. The third kappa shape index (κ3) is 5.53. The van der Waals surface area contributed by atoms with Gasteiger partial charge in [-0.2, -0.15) is 0 Å². The molecule has 1 N–H and O–H groups in total. The highest BCUT2D eigenvalue weighted by molar-refractivity contribution is 7.12. The van der Waals surface area contributed by atoms with E-state index in [1.54, 1.807) is 6.20 Å². The largest absolute Gasteiger partial charge is 1.00 e. The minimum absolute atomic E-state index is 0. The number of aromatic amines is 1. The van der Waals surface area contributed by atoms with Crippen LogP contribution in [0.5, 0.6) is 0 Å². The molecule has 0 bridgehead atoms. The number of piperidine rings is 1. The molecule has 0 unspecified atom stereocenters. The Balaban J connectivity index is 0.00000272. The number of thiazole rings is 1. The van der Waals surface area contributed by atoms with Gasteiger partial charge in [0.1, 0.15) is 0 Å². The Labute approximate surface area is 204 Å². The van der Waals surface area contributed by atoms with Gasteiger partial charge in [0.15, 0.2) is 5.01 Å². The first kappa shape index (κ1) is 23.9. The summed E-state index contributed by atoms with van der Waals surface area (Å²) < 4.78 is 0.800. The molecule has 6 nitrogen and oxygen atoms in total. The average Bonchev–Trinajstić information content (AvgIpc) is 3.39. The monoisotopic (exact) mass is 552 g/mol. The number of fused-ring (bicyclic) bond motifs is 1. The third-order valence-electron chi connectivity index (χ3n) is 5.81. The smallest absolute Gasteiger partial charge is 0.228 e. The minimum Gasteiger partial charge on any atom is -1.00 e. The number of quaternary nitrogens is 1. The van der Waals surface area contributed by atoms with Crippen LogP contribution in [-0.4, -0.2) is 71.8 Å². The molecule has 1 fully saturated rings. The van der Waals surface area contributed by atoms with E-state index in [-0.39, 0.29) is 35.7 Å². The molecule has 166 valence electrons. The van der Waals surface area contributed by atoms with Crippen LogP contribution in [0.25, 0.3) is 10.9 Å². The molecule has 4 rings (SSSR count). The molecule has 0 spiro atoms. The Morgan fingerprint density at radius 1 is 1.19 bits per heavy atom. The topological polar surface area (TPSA) is 66.1 Å². The van der Waals surface area contributed by atoms with Crippen molar-refractivity contribution in [3.63, 3.8) is 0 Å². The van der Waals surface area contributed by atoms with E-state index in [1.165, 1.54) is 11.3 Å². The Hall–Kier alpha value is -1.78. The fraction of sp³-hybridized carbons (Fsp3) is 0.435. The summed E-state index contributed by atoms with van der Waals surface area (Å²) in [7, 11) is 6.32. The van der Waals surface area contributed by atoms with Crippen LogP contribution < -0.4 is 24.0 Å². The van der Waals surface area contributed by atoms with Crippen LogP contribution in [0.1, 0.15) is 46.2 Å². The number of halogens is 1. The van der Waals surface area contributed by atoms with E-state index < -0.39 is 0 Å². The highest BCUT2D eigenvalue weighted by Gasteiger charge is 2.27. The Morgan fingerprint density at radius 3 is 2.61 bits per heavy atom. The molecular formula is C23H29IN4O2S. The van der Waals surface area contributed by atoms with Gasteiger partial charge in [-0.1, -0.05) is 18.2 Å². The number of H-pyrrole nitrogens is 1. The number of carbonyl (C=O) groups is 2. The van der Waals surface area contributed by atoms with Crippen LogP contribution in [0.3, 0.4) is 0 Å². The van der Waals surface area contributed by atoms with E-state index in [4.69, 9.17) is 0 Å². The van der Waals surface area contributed by atoms with Crippen LogP contribution in [0.2, 0.25) is 0 Å². The molecule has 0 saturated carbocycles. The van der Waals surface area contributed by atoms with Gasteiger partial charge in [0.2, 0.25) is 11.7 Å². The van der Waals surface area contributed by atoms with E-state index in [0.29, 0.717) is 22.9 Å². The molecule has 2 aromatic heterocycles. The predicted octanol–water partition coefficient (Wildman–Crippen LogP) is 0.662. The molecule has 1 aromatic carbocycles. The van der Waals surface area contributed by atoms with Gasteiger partial charge in [-0.25, -0.2) is 4.98 Å². The van der Waals surface area contributed by atoms with E-state index >= 15 is 0 Å². The van der Waals surface area contributed by atoms with Crippen molar-refractivity contribution < 1.29 is 38.0 Å². The fourth-order valence-electron chi connectivity index (χ4n) is 3.97. The number of likely N-dealkylation sites (tertiary alicyclic amines) is 1. The summed E-state index contributed by atoms with van der Waals surface area (Å²) >= 11 is 1.42. The van der Waals surface area contributed by atoms with Crippen LogP contribution in [0, 0.1) is 0 Å². The molecule has 8 heteroatoms. The van der Waals surface area contributed by atoms with E-state index in [1.807, 2.05) is 34.5 Å². The Bertz CT molecular complexity index is 1060. The minimum atomic E-state index is -0.0309. The first-order valence-electron chi connectivity index (χ1n) is 10.5. The standard InChI is InChI=1S/C23H28N4O2S.HI/c1-27(2,3)13-10-21(28)26-11-8-16(9-12-26)20-15-30-23(25-20)22(29)18-14-24-19-7-5-4-6-17(18)19;/h4-7,14-16H,8-13H2,1-3H3;1H. The lowest BCUT2D eigenvalue weighted by Gasteiger charge is -2.32. The fourth-order valence-corrected chi connectivity index (χ4v) is 4.82. The van der Waals surface area contributed by atoms with Gasteiger partial charge in [0, 0.05) is 41.5 Å². The van der Waals surface area contributed by atoms with Gasteiger partial charge < -0.3 is 38.3 Å².